The largest absolute Gasteiger partial charge is 0.488 e. The fourth-order valence-corrected chi connectivity index (χ4v) is 4.36. The number of nitrogens with zero attached hydrogens (tertiary/aromatic N) is 3. The van der Waals surface area contributed by atoms with E-state index in [1.807, 2.05) is 30.3 Å². The Kier molecular flexibility index (Phi) is 8.59. The van der Waals surface area contributed by atoms with Crippen LogP contribution >= 0.6 is 11.6 Å². The third kappa shape index (κ3) is 7.53. The summed E-state index contributed by atoms with van der Waals surface area (Å²) in [5.41, 5.74) is 2.11. The number of carbonyl (C=O) groups is 1. The van der Waals surface area contributed by atoms with Crippen molar-refractivity contribution in [3.63, 3.8) is 0 Å². The van der Waals surface area contributed by atoms with Gasteiger partial charge in [0.05, 0.1) is 28.2 Å². The number of aromatic nitrogens is 3. The highest BCUT2D eigenvalue weighted by Crippen LogP contribution is 2.34. The minimum absolute atomic E-state index is 0.122. The number of amides is 1. The van der Waals surface area contributed by atoms with Crippen LogP contribution in [0.2, 0.25) is 5.02 Å². The topological polar surface area (TPSA) is 132 Å². The molecule has 0 spiro atoms. The van der Waals surface area contributed by atoms with E-state index in [-0.39, 0.29) is 13.2 Å². The molecule has 0 fully saturated rings. The Morgan fingerprint density at radius 3 is 2.63 bits per heavy atom. The second-order valence-electron chi connectivity index (χ2n) is 8.56. The molecule has 0 unspecified atom stereocenters. The average Bonchev–Trinajstić information content (AvgIpc) is 2.87. The Morgan fingerprint density at radius 1 is 1.05 bits per heavy atom. The van der Waals surface area contributed by atoms with Gasteiger partial charge in [0.2, 0.25) is 5.91 Å². The molecule has 0 aliphatic rings. The van der Waals surface area contributed by atoms with E-state index in [1.165, 1.54) is 6.33 Å². The average molecular weight is 556 g/mol. The molecule has 2 aromatic heterocycles. The van der Waals surface area contributed by atoms with E-state index in [9.17, 15) is 13.2 Å². The van der Waals surface area contributed by atoms with Crippen LogP contribution in [0.1, 0.15) is 12.6 Å². The Balaban J connectivity index is 1.48. The number of pyridine rings is 1. The monoisotopic (exact) mass is 555 g/mol. The van der Waals surface area contributed by atoms with Gasteiger partial charge in [-0.2, -0.15) is 0 Å². The Labute approximate surface area is 225 Å². The lowest BCUT2D eigenvalue weighted by molar-refractivity contribution is -0.118. The molecule has 2 heterocycles. The van der Waals surface area contributed by atoms with Crippen molar-refractivity contribution in [3.8, 4) is 11.5 Å². The van der Waals surface area contributed by atoms with Crippen molar-refractivity contribution in [3.05, 3.63) is 77.8 Å². The fourth-order valence-electron chi connectivity index (χ4n) is 3.54. The third-order valence-corrected chi connectivity index (χ3v) is 6.31. The molecule has 0 saturated heterocycles. The van der Waals surface area contributed by atoms with Crippen molar-refractivity contribution in [2.75, 3.05) is 23.9 Å². The highest BCUT2D eigenvalue weighted by atomic mass is 35.5. The van der Waals surface area contributed by atoms with Crippen LogP contribution in [0.5, 0.6) is 11.5 Å². The fraction of sp³-hybridized carbons (Fsp3) is 0.231. The van der Waals surface area contributed by atoms with Gasteiger partial charge in [-0.3, -0.25) is 9.78 Å². The van der Waals surface area contributed by atoms with E-state index >= 15 is 0 Å². The van der Waals surface area contributed by atoms with Crippen LogP contribution in [0.25, 0.3) is 10.9 Å². The number of rotatable bonds is 11. The number of fused-ring (bicyclic) bond motifs is 1. The normalized spacial score (nSPS) is 12.1. The van der Waals surface area contributed by atoms with Gasteiger partial charge >= 0.3 is 0 Å². The molecular formula is C26H26ClN5O5S. The molecule has 0 saturated carbocycles. The van der Waals surface area contributed by atoms with Crippen molar-refractivity contribution in [1.82, 2.24) is 20.3 Å². The summed E-state index contributed by atoms with van der Waals surface area (Å²) >= 11 is 6.47. The predicted molar refractivity (Wildman–Crippen MR) is 146 cm³/mol. The van der Waals surface area contributed by atoms with E-state index in [0.717, 1.165) is 11.9 Å². The van der Waals surface area contributed by atoms with E-state index < -0.39 is 27.6 Å². The van der Waals surface area contributed by atoms with E-state index in [0.29, 0.717) is 38.9 Å². The molecule has 2 N–H and O–H groups in total. The molecule has 2 aromatic carbocycles. The van der Waals surface area contributed by atoms with Gasteiger partial charge in [0.1, 0.15) is 42.1 Å². The summed E-state index contributed by atoms with van der Waals surface area (Å²) in [5.74, 6) is 0.349. The molecule has 0 aliphatic heterocycles. The van der Waals surface area contributed by atoms with Gasteiger partial charge in [0, 0.05) is 18.1 Å². The summed E-state index contributed by atoms with van der Waals surface area (Å²) in [4.78, 5) is 24.8. The minimum atomic E-state index is -3.41. The van der Waals surface area contributed by atoms with E-state index in [4.69, 9.17) is 21.1 Å². The number of sulfone groups is 1. The first-order valence-electron chi connectivity index (χ1n) is 11.6. The smallest absolute Gasteiger partial charge is 0.235 e. The van der Waals surface area contributed by atoms with Crippen molar-refractivity contribution < 1.29 is 22.7 Å². The highest BCUT2D eigenvalue weighted by Gasteiger charge is 2.16. The number of carbonyl (C=O) groups excluding carboxylic acids is 1. The summed E-state index contributed by atoms with van der Waals surface area (Å²) in [7, 11) is -3.41. The van der Waals surface area contributed by atoms with Gasteiger partial charge in [0.15, 0.2) is 9.84 Å². The SMILES string of the molecule is C[C@@H](CNC(=O)CS(C)(=O)=O)Oc1cccc2ncnc(Nc3ccc(OCc4ccccn4)c(Cl)c3)c12. The number of halogens is 1. The van der Waals surface area contributed by atoms with Gasteiger partial charge in [-0.1, -0.05) is 23.7 Å². The zero-order chi connectivity index (χ0) is 27.1. The number of anilines is 2. The van der Waals surface area contributed by atoms with Crippen LogP contribution < -0.4 is 20.1 Å². The lowest BCUT2D eigenvalue weighted by Crippen LogP contribution is -2.36. The maximum Gasteiger partial charge on any atom is 0.235 e. The number of hydrogen-bond acceptors (Lipinski definition) is 9. The second-order valence-corrected chi connectivity index (χ2v) is 11.1. The Hall–Kier alpha value is -3.96. The lowest BCUT2D eigenvalue weighted by Gasteiger charge is -2.18. The molecule has 1 amide bonds. The van der Waals surface area contributed by atoms with Crippen LogP contribution in [-0.4, -0.2) is 53.9 Å². The first-order valence-corrected chi connectivity index (χ1v) is 14.1. The van der Waals surface area contributed by atoms with E-state index in [1.54, 1.807) is 37.4 Å². The van der Waals surface area contributed by atoms with Crippen LogP contribution in [0.15, 0.2) is 67.1 Å². The molecule has 1 atom stereocenters. The third-order valence-electron chi connectivity index (χ3n) is 5.23. The highest BCUT2D eigenvalue weighted by molar-refractivity contribution is 7.91. The number of nitrogens with one attached hydrogen (secondary N) is 2. The van der Waals surface area contributed by atoms with Gasteiger partial charge < -0.3 is 20.1 Å². The van der Waals surface area contributed by atoms with Gasteiger partial charge in [-0.05, 0) is 49.4 Å². The summed E-state index contributed by atoms with van der Waals surface area (Å²) in [6.45, 7) is 2.17. The molecule has 12 heteroatoms. The number of benzene rings is 2. The van der Waals surface area contributed by atoms with Crippen LogP contribution in [0.3, 0.4) is 0 Å². The van der Waals surface area contributed by atoms with Gasteiger partial charge in [-0.15, -0.1) is 0 Å². The standard InChI is InChI=1S/C26H26ClN5O5S/c1-17(13-29-24(33)15-38(2,34)35)37-23-8-5-7-21-25(23)26(31-16-30-21)32-18-9-10-22(20(27)12-18)36-14-19-6-3-4-11-28-19/h3-12,16-17H,13-15H2,1-2H3,(H,29,33)(H,30,31,32)/t17-/m0/s1. The molecule has 0 bridgehead atoms. The predicted octanol–water partition coefficient (Wildman–Crippen LogP) is 3.93. The quantitative estimate of drug-likeness (QED) is 0.282. The van der Waals surface area contributed by atoms with E-state index in [2.05, 4.69) is 25.6 Å². The van der Waals surface area contributed by atoms with Crippen molar-refractivity contribution in [1.29, 1.82) is 0 Å². The maximum absolute atomic E-state index is 11.9. The summed E-state index contributed by atoms with van der Waals surface area (Å²) in [6, 6.07) is 16.3. The summed E-state index contributed by atoms with van der Waals surface area (Å²) < 4.78 is 34.5. The maximum atomic E-state index is 11.9. The molecular weight excluding hydrogens is 530 g/mol. The second kappa shape index (κ2) is 12.1. The van der Waals surface area contributed by atoms with Crippen LogP contribution in [-0.2, 0) is 21.2 Å². The van der Waals surface area contributed by atoms with Gasteiger partial charge in [0.25, 0.3) is 0 Å². The van der Waals surface area contributed by atoms with Crippen molar-refractivity contribution in [2.24, 2.45) is 0 Å². The van der Waals surface area contributed by atoms with Crippen LogP contribution in [0, 0.1) is 0 Å². The Morgan fingerprint density at radius 2 is 1.89 bits per heavy atom. The molecule has 0 aliphatic carbocycles. The van der Waals surface area contributed by atoms with Crippen molar-refractivity contribution in [2.45, 2.75) is 19.6 Å². The first kappa shape index (κ1) is 27.1. The lowest BCUT2D eigenvalue weighted by atomic mass is 10.2. The van der Waals surface area contributed by atoms with Gasteiger partial charge in [-0.25, -0.2) is 18.4 Å². The van der Waals surface area contributed by atoms with Crippen molar-refractivity contribution >= 4 is 49.8 Å². The number of ether oxygens (including phenoxy) is 2. The minimum Gasteiger partial charge on any atom is -0.488 e. The number of hydrogen-bond donors (Lipinski definition) is 2. The first-order chi connectivity index (χ1) is 18.2. The molecule has 38 heavy (non-hydrogen) atoms. The summed E-state index contributed by atoms with van der Waals surface area (Å²) in [5, 5.41) is 6.88. The molecule has 0 radical (unpaired) electrons. The molecule has 4 aromatic rings. The molecule has 4 rings (SSSR count). The summed E-state index contributed by atoms with van der Waals surface area (Å²) in [6.07, 6.45) is 3.69. The molecule has 198 valence electrons. The zero-order valence-electron chi connectivity index (χ0n) is 20.7. The Bertz CT molecular complexity index is 1530. The zero-order valence-corrected chi connectivity index (χ0v) is 22.3. The molecule has 10 nitrogen and oxygen atoms in total. The van der Waals surface area contributed by atoms with Crippen LogP contribution in [0.4, 0.5) is 11.5 Å².